The molecule has 0 saturated carbocycles. The Bertz CT molecular complexity index is 163. The van der Waals surface area contributed by atoms with Crippen LogP contribution in [0.4, 0.5) is 0 Å². The van der Waals surface area contributed by atoms with Crippen LogP contribution >= 0.6 is 7.82 Å². The zero-order valence-corrected chi connectivity index (χ0v) is 12.0. The first-order valence-corrected chi connectivity index (χ1v) is 4.64. The zero-order valence-electron chi connectivity index (χ0n) is 7.94. The first kappa shape index (κ1) is 16.1. The molecule has 0 amide bonds. The maximum Gasteiger partial charge on any atom is 1.00 e. The Morgan fingerprint density at radius 1 is 1.33 bits per heavy atom. The minimum atomic E-state index is -4.76. The minimum Gasteiger partial charge on any atom is -0.790 e. The second-order valence-electron chi connectivity index (χ2n) is 3.29. The van der Waals surface area contributed by atoms with Crippen LogP contribution in [0.1, 0.15) is 0 Å². The molecule has 0 heterocycles. The largest absolute Gasteiger partial charge is 1.00 e. The predicted molar refractivity (Wildman–Crippen MR) is 36.5 cm³/mol. The Balaban J connectivity index is 0. The number of likely N-dealkylation sites (N-methyl/N-ethyl adjacent to an activating group) is 1. The molecule has 0 atom stereocenters. The van der Waals surface area contributed by atoms with Crippen LogP contribution < -0.4 is 61.2 Å². The Morgan fingerprint density at radius 2 is 1.75 bits per heavy atom. The number of phosphoric acid groups is 1. The van der Waals surface area contributed by atoms with Crippen molar-refractivity contribution >= 4 is 7.82 Å². The van der Waals surface area contributed by atoms with Gasteiger partial charge in [0.25, 0.3) is 0 Å². The average Bonchev–Trinajstić information content (AvgIpc) is 1.55. The molecule has 5 nitrogen and oxygen atoms in total. The Kier molecular flexibility index (Phi) is 8.40. The number of hydrogen-bond donors (Lipinski definition) is 0. The first-order chi connectivity index (χ1) is 4.71. The summed E-state index contributed by atoms with van der Waals surface area (Å²) in [5.74, 6) is 0. The van der Waals surface area contributed by atoms with E-state index >= 15 is 0 Å². The summed E-state index contributed by atoms with van der Waals surface area (Å²) >= 11 is 0. The van der Waals surface area contributed by atoms with Gasteiger partial charge in [-0.05, 0) is 0 Å². The molecule has 0 aromatic rings. The van der Waals surface area contributed by atoms with Gasteiger partial charge in [-0.2, -0.15) is 0 Å². The quantitative estimate of drug-likeness (QED) is 0.273. The third kappa shape index (κ3) is 14.2. The number of phosphoric ester groups is 1. The molecule has 0 aromatic heterocycles. The maximum absolute atomic E-state index is 9.96. The molecular weight excluding hydrogens is 208 g/mol. The van der Waals surface area contributed by atoms with Crippen molar-refractivity contribution in [2.75, 3.05) is 34.3 Å². The van der Waals surface area contributed by atoms with Crippen LogP contribution in [0.2, 0.25) is 0 Å². The molecule has 0 spiro atoms. The van der Waals surface area contributed by atoms with Crippen LogP contribution in [-0.4, -0.2) is 38.8 Å². The van der Waals surface area contributed by atoms with E-state index < -0.39 is 7.82 Å². The molecule has 0 fully saturated rings. The van der Waals surface area contributed by atoms with E-state index in [1.807, 2.05) is 21.1 Å². The van der Waals surface area contributed by atoms with E-state index in [1.54, 1.807) is 0 Å². The van der Waals surface area contributed by atoms with Gasteiger partial charge in [-0.1, -0.05) is 0 Å². The molecular formula is C5H13KNO4P. The van der Waals surface area contributed by atoms with E-state index in [0.29, 0.717) is 11.0 Å². The molecule has 0 aliphatic heterocycles. The smallest absolute Gasteiger partial charge is 0.790 e. The second-order valence-corrected chi connectivity index (χ2v) is 4.45. The van der Waals surface area contributed by atoms with Crippen molar-refractivity contribution in [3.8, 4) is 0 Å². The van der Waals surface area contributed by atoms with Crippen molar-refractivity contribution < 1.29 is 74.7 Å². The van der Waals surface area contributed by atoms with Crippen molar-refractivity contribution in [3.05, 3.63) is 0 Å². The summed E-state index contributed by atoms with van der Waals surface area (Å²) in [6, 6.07) is 0. The fourth-order valence-corrected chi connectivity index (χ4v) is 0.732. The number of quaternary nitrogens is 1. The van der Waals surface area contributed by atoms with Crippen LogP contribution in [0.3, 0.4) is 0 Å². The molecule has 7 heteroatoms. The third-order valence-electron chi connectivity index (χ3n) is 1.01. The van der Waals surface area contributed by atoms with E-state index in [9.17, 15) is 14.4 Å². The van der Waals surface area contributed by atoms with E-state index in [0.717, 1.165) is 0 Å². The molecule has 0 aliphatic rings. The van der Waals surface area contributed by atoms with Crippen LogP contribution in [0.15, 0.2) is 0 Å². The summed E-state index contributed by atoms with van der Waals surface area (Å²) in [5, 5.41) is 0. The van der Waals surface area contributed by atoms with Crippen molar-refractivity contribution in [2.24, 2.45) is 0 Å². The Morgan fingerprint density at radius 3 is 2.00 bits per heavy atom. The molecule has 0 saturated heterocycles. The monoisotopic (exact) mass is 221 g/mol. The summed E-state index contributed by atoms with van der Waals surface area (Å²) in [6.07, 6.45) is 0. The van der Waals surface area contributed by atoms with Gasteiger partial charge in [0.15, 0.2) is 0 Å². The average molecular weight is 221 g/mol. The molecule has 68 valence electrons. The fraction of sp³-hybridized carbons (Fsp3) is 1.00. The molecule has 0 aromatic carbocycles. The van der Waals surface area contributed by atoms with Gasteiger partial charge in [0.05, 0.1) is 29.0 Å². The predicted octanol–water partition coefficient (Wildman–Crippen LogP) is -4.46. The normalized spacial score (nSPS) is 12.4. The fourth-order valence-electron chi connectivity index (χ4n) is 0.426. The minimum absolute atomic E-state index is 0. The van der Waals surface area contributed by atoms with Gasteiger partial charge in [0.2, 0.25) is 0 Å². The van der Waals surface area contributed by atoms with Gasteiger partial charge in [-0.3, -0.25) is 0 Å². The topological polar surface area (TPSA) is 72.4 Å². The van der Waals surface area contributed by atoms with Gasteiger partial charge in [0.1, 0.15) is 13.2 Å². The standard InChI is InChI=1S/C5H14NO4P.K/c1-6(2,3)4-5-10-11(7,8)9;/h4-5H2,1-3H3,(H-,7,8,9);/q;+1/p-1. The molecule has 12 heavy (non-hydrogen) atoms. The van der Waals surface area contributed by atoms with Crippen molar-refractivity contribution in [1.82, 2.24) is 0 Å². The Labute approximate surface area is 115 Å². The summed E-state index contributed by atoms with van der Waals surface area (Å²) in [4.78, 5) is 19.9. The SMILES string of the molecule is C[N+](C)(C)CCOP(=O)([O-])[O-].[K+]. The van der Waals surface area contributed by atoms with Crippen molar-refractivity contribution in [2.45, 2.75) is 0 Å². The van der Waals surface area contributed by atoms with Crippen molar-refractivity contribution in [3.63, 3.8) is 0 Å². The van der Waals surface area contributed by atoms with Crippen LogP contribution in [0, 0.1) is 0 Å². The molecule has 0 aliphatic carbocycles. The zero-order chi connectivity index (χ0) is 9.12. The van der Waals surface area contributed by atoms with Crippen molar-refractivity contribution in [1.29, 1.82) is 0 Å². The van der Waals surface area contributed by atoms with Gasteiger partial charge in [-0.15, -0.1) is 0 Å². The molecule has 0 N–H and O–H groups in total. The molecule has 0 radical (unpaired) electrons. The number of rotatable bonds is 4. The van der Waals surface area contributed by atoms with Crippen LogP contribution in [-0.2, 0) is 9.09 Å². The number of nitrogens with zero attached hydrogens (tertiary/aromatic N) is 1. The van der Waals surface area contributed by atoms with Gasteiger partial charge in [-0.25, -0.2) is 0 Å². The van der Waals surface area contributed by atoms with Gasteiger partial charge < -0.3 is 23.4 Å². The Hall–Kier alpha value is 1.71. The summed E-state index contributed by atoms with van der Waals surface area (Å²) < 4.78 is 14.6. The second kappa shape index (κ2) is 6.24. The number of hydrogen-bond acceptors (Lipinski definition) is 4. The first-order valence-electron chi connectivity index (χ1n) is 3.18. The van der Waals surface area contributed by atoms with E-state index in [1.165, 1.54) is 0 Å². The van der Waals surface area contributed by atoms with E-state index in [-0.39, 0.29) is 58.0 Å². The third-order valence-corrected chi connectivity index (χ3v) is 1.51. The summed E-state index contributed by atoms with van der Waals surface area (Å²) in [6.45, 7) is 0.447. The van der Waals surface area contributed by atoms with Gasteiger partial charge in [0, 0.05) is 0 Å². The molecule has 0 bridgehead atoms. The molecule has 0 unspecified atom stereocenters. The van der Waals surface area contributed by atoms with Crippen LogP contribution in [0.5, 0.6) is 0 Å². The maximum atomic E-state index is 9.96. The van der Waals surface area contributed by atoms with Gasteiger partial charge >= 0.3 is 51.4 Å². The van der Waals surface area contributed by atoms with E-state index in [4.69, 9.17) is 0 Å². The summed E-state index contributed by atoms with van der Waals surface area (Å²) in [5.41, 5.74) is 0. The van der Waals surface area contributed by atoms with Crippen LogP contribution in [0.25, 0.3) is 0 Å². The van der Waals surface area contributed by atoms with E-state index in [2.05, 4.69) is 4.52 Å². The molecule has 0 rings (SSSR count). The summed E-state index contributed by atoms with van der Waals surface area (Å²) in [7, 11) is 0.875.